The van der Waals surface area contributed by atoms with Crippen molar-refractivity contribution in [3.63, 3.8) is 0 Å². The summed E-state index contributed by atoms with van der Waals surface area (Å²) < 4.78 is 0. The summed E-state index contributed by atoms with van der Waals surface area (Å²) in [5, 5.41) is 3.58. The van der Waals surface area contributed by atoms with Gasteiger partial charge in [0.1, 0.15) is 0 Å². The Balaban J connectivity index is 1.88. The van der Waals surface area contributed by atoms with Gasteiger partial charge in [0, 0.05) is 17.5 Å². The SMILES string of the molecule is CCCCc1ccc(C(C)NCc2scnc2C)cc1. The van der Waals surface area contributed by atoms with E-state index in [0.717, 1.165) is 12.2 Å². The normalized spacial score (nSPS) is 12.6. The van der Waals surface area contributed by atoms with E-state index in [1.54, 1.807) is 11.3 Å². The maximum absolute atomic E-state index is 4.29. The van der Waals surface area contributed by atoms with E-state index < -0.39 is 0 Å². The molecule has 0 aliphatic rings. The summed E-state index contributed by atoms with van der Waals surface area (Å²) >= 11 is 1.72. The predicted molar refractivity (Wildman–Crippen MR) is 87.2 cm³/mol. The topological polar surface area (TPSA) is 24.9 Å². The number of aromatic nitrogens is 1. The van der Waals surface area contributed by atoms with Gasteiger partial charge in [-0.15, -0.1) is 11.3 Å². The molecule has 108 valence electrons. The number of nitrogens with zero attached hydrogens (tertiary/aromatic N) is 1. The lowest BCUT2D eigenvalue weighted by Gasteiger charge is -2.14. The van der Waals surface area contributed by atoms with Crippen LogP contribution in [-0.2, 0) is 13.0 Å². The van der Waals surface area contributed by atoms with E-state index in [2.05, 4.69) is 55.3 Å². The van der Waals surface area contributed by atoms with Gasteiger partial charge in [0.2, 0.25) is 0 Å². The molecule has 0 aliphatic heterocycles. The molecule has 2 rings (SSSR count). The van der Waals surface area contributed by atoms with Crippen LogP contribution >= 0.6 is 11.3 Å². The van der Waals surface area contributed by atoms with E-state index in [-0.39, 0.29) is 0 Å². The molecule has 1 aromatic heterocycles. The smallest absolute Gasteiger partial charge is 0.0798 e. The fourth-order valence-corrected chi connectivity index (χ4v) is 2.94. The van der Waals surface area contributed by atoms with Crippen molar-refractivity contribution < 1.29 is 0 Å². The number of aryl methyl sites for hydroxylation is 2. The van der Waals surface area contributed by atoms with E-state index >= 15 is 0 Å². The molecule has 0 saturated carbocycles. The van der Waals surface area contributed by atoms with Gasteiger partial charge < -0.3 is 5.32 Å². The molecular formula is C17H24N2S. The van der Waals surface area contributed by atoms with Crippen LogP contribution in [0.1, 0.15) is 54.4 Å². The number of hydrogen-bond donors (Lipinski definition) is 1. The van der Waals surface area contributed by atoms with Crippen molar-refractivity contribution >= 4 is 11.3 Å². The molecule has 1 atom stereocenters. The molecule has 1 unspecified atom stereocenters. The third-order valence-corrected chi connectivity index (χ3v) is 4.65. The lowest BCUT2D eigenvalue weighted by molar-refractivity contribution is 0.577. The second-order valence-corrected chi connectivity index (χ2v) is 6.25. The Labute approximate surface area is 126 Å². The van der Waals surface area contributed by atoms with Crippen LogP contribution in [0.5, 0.6) is 0 Å². The highest BCUT2D eigenvalue weighted by Gasteiger charge is 2.07. The molecule has 0 radical (unpaired) electrons. The van der Waals surface area contributed by atoms with Crippen molar-refractivity contribution in [3.8, 4) is 0 Å². The zero-order chi connectivity index (χ0) is 14.4. The molecule has 1 heterocycles. The maximum atomic E-state index is 4.29. The van der Waals surface area contributed by atoms with E-state index in [4.69, 9.17) is 0 Å². The van der Waals surface area contributed by atoms with Crippen LogP contribution in [0.3, 0.4) is 0 Å². The summed E-state index contributed by atoms with van der Waals surface area (Å²) in [6.07, 6.45) is 3.73. The van der Waals surface area contributed by atoms with Gasteiger partial charge in [0.25, 0.3) is 0 Å². The number of benzene rings is 1. The molecule has 1 aromatic carbocycles. The molecule has 0 fully saturated rings. The summed E-state index contributed by atoms with van der Waals surface area (Å²) in [4.78, 5) is 5.62. The molecule has 20 heavy (non-hydrogen) atoms. The van der Waals surface area contributed by atoms with Crippen LogP contribution in [0.2, 0.25) is 0 Å². The minimum atomic E-state index is 0.372. The first-order valence-corrected chi connectivity index (χ1v) is 8.30. The van der Waals surface area contributed by atoms with Gasteiger partial charge in [-0.2, -0.15) is 0 Å². The van der Waals surface area contributed by atoms with Crippen molar-refractivity contribution in [2.45, 2.75) is 52.6 Å². The molecule has 2 aromatic rings. The quantitative estimate of drug-likeness (QED) is 0.802. The molecular weight excluding hydrogens is 264 g/mol. The van der Waals surface area contributed by atoms with Crippen molar-refractivity contribution in [3.05, 3.63) is 51.5 Å². The average Bonchev–Trinajstić information content (AvgIpc) is 2.88. The van der Waals surface area contributed by atoms with Crippen LogP contribution < -0.4 is 5.32 Å². The van der Waals surface area contributed by atoms with Gasteiger partial charge >= 0.3 is 0 Å². The van der Waals surface area contributed by atoms with Gasteiger partial charge in [-0.05, 0) is 37.8 Å². The Hall–Kier alpha value is -1.19. The molecule has 0 saturated heterocycles. The van der Waals surface area contributed by atoms with Crippen LogP contribution in [-0.4, -0.2) is 4.98 Å². The minimum absolute atomic E-state index is 0.372. The predicted octanol–water partition coefficient (Wildman–Crippen LogP) is 4.64. The molecule has 0 amide bonds. The highest BCUT2D eigenvalue weighted by molar-refractivity contribution is 7.09. The van der Waals surface area contributed by atoms with Crippen molar-refractivity contribution in [2.24, 2.45) is 0 Å². The standard InChI is InChI=1S/C17H24N2S/c1-4-5-6-15-7-9-16(10-8-15)13(2)18-11-17-14(3)19-12-20-17/h7-10,12-13,18H,4-6,11H2,1-3H3. The monoisotopic (exact) mass is 288 g/mol. The van der Waals surface area contributed by atoms with E-state index in [1.165, 1.54) is 35.3 Å². The first-order chi connectivity index (χ1) is 9.70. The fourth-order valence-electron chi connectivity index (χ4n) is 2.21. The van der Waals surface area contributed by atoms with Gasteiger partial charge in [-0.1, -0.05) is 37.6 Å². The first kappa shape index (κ1) is 15.2. The van der Waals surface area contributed by atoms with Crippen LogP contribution in [0.15, 0.2) is 29.8 Å². The number of thiazole rings is 1. The largest absolute Gasteiger partial charge is 0.305 e. The fraction of sp³-hybridized carbons (Fsp3) is 0.471. The molecule has 0 spiro atoms. The Morgan fingerprint density at radius 3 is 2.60 bits per heavy atom. The Morgan fingerprint density at radius 1 is 1.25 bits per heavy atom. The summed E-state index contributed by atoms with van der Waals surface area (Å²) in [5.74, 6) is 0. The molecule has 2 nitrogen and oxygen atoms in total. The zero-order valence-electron chi connectivity index (χ0n) is 12.6. The van der Waals surface area contributed by atoms with Crippen molar-refractivity contribution in [2.75, 3.05) is 0 Å². The molecule has 3 heteroatoms. The van der Waals surface area contributed by atoms with Crippen LogP contribution in [0, 0.1) is 6.92 Å². The highest BCUT2D eigenvalue weighted by Crippen LogP contribution is 2.17. The summed E-state index contributed by atoms with van der Waals surface area (Å²) in [5.41, 5.74) is 5.86. The highest BCUT2D eigenvalue weighted by atomic mass is 32.1. The van der Waals surface area contributed by atoms with Crippen LogP contribution in [0.25, 0.3) is 0 Å². The number of hydrogen-bond acceptors (Lipinski definition) is 3. The van der Waals surface area contributed by atoms with Gasteiger partial charge in [0.05, 0.1) is 11.2 Å². The summed E-state index contributed by atoms with van der Waals surface area (Å²) in [7, 11) is 0. The van der Waals surface area contributed by atoms with Gasteiger partial charge in [0.15, 0.2) is 0 Å². The van der Waals surface area contributed by atoms with E-state index in [0.29, 0.717) is 6.04 Å². The van der Waals surface area contributed by atoms with Crippen molar-refractivity contribution in [1.82, 2.24) is 10.3 Å². The molecule has 0 aliphatic carbocycles. The second-order valence-electron chi connectivity index (χ2n) is 5.31. The molecule has 1 N–H and O–H groups in total. The average molecular weight is 288 g/mol. The van der Waals surface area contributed by atoms with Gasteiger partial charge in [-0.25, -0.2) is 4.98 Å². The summed E-state index contributed by atoms with van der Waals surface area (Å²) in [6, 6.07) is 9.41. The number of nitrogens with one attached hydrogen (secondary N) is 1. The van der Waals surface area contributed by atoms with Crippen LogP contribution in [0.4, 0.5) is 0 Å². The number of unbranched alkanes of at least 4 members (excludes halogenated alkanes) is 1. The van der Waals surface area contributed by atoms with Gasteiger partial charge in [-0.3, -0.25) is 0 Å². The van der Waals surface area contributed by atoms with E-state index in [1.807, 2.05) is 5.51 Å². The van der Waals surface area contributed by atoms with Crippen molar-refractivity contribution in [1.29, 1.82) is 0 Å². The minimum Gasteiger partial charge on any atom is -0.305 e. The first-order valence-electron chi connectivity index (χ1n) is 7.42. The lowest BCUT2D eigenvalue weighted by atomic mass is 10.0. The summed E-state index contributed by atoms with van der Waals surface area (Å²) in [6.45, 7) is 7.43. The second kappa shape index (κ2) is 7.55. The number of rotatable bonds is 7. The molecule has 0 bridgehead atoms. The lowest BCUT2D eigenvalue weighted by Crippen LogP contribution is -2.17. The zero-order valence-corrected chi connectivity index (χ0v) is 13.5. The Morgan fingerprint density at radius 2 is 2.00 bits per heavy atom. The van der Waals surface area contributed by atoms with E-state index in [9.17, 15) is 0 Å². The Kier molecular flexibility index (Phi) is 5.74. The third kappa shape index (κ3) is 4.15. The third-order valence-electron chi connectivity index (χ3n) is 3.71. The Bertz CT molecular complexity index is 516. The maximum Gasteiger partial charge on any atom is 0.0798 e.